The number of rotatable bonds is 3. The number of aromatic hydroxyl groups is 1. The molecule has 7 heteroatoms. The summed E-state index contributed by atoms with van der Waals surface area (Å²) in [5.41, 5.74) is 0.823. The molecular weight excluding hydrogens is 338 g/mol. The average molecular weight is 361 g/mol. The number of benzene rings is 1. The Bertz CT molecular complexity index is 734. The number of carbonyl (C=O) groups is 2. The molecule has 3 fully saturated rings. The largest absolute Gasteiger partial charge is 0.508 e. The number of phenolic OH excluding ortho intramolecular Hbond substituents is 1. The molecule has 140 valence electrons. The van der Waals surface area contributed by atoms with Crippen molar-refractivity contribution in [3.8, 4) is 5.75 Å². The second-order valence-electron chi connectivity index (χ2n) is 7.55. The molecule has 1 saturated carbocycles. The normalized spacial score (nSPS) is 39.2. The Kier molecular flexibility index (Phi) is 4.06. The third-order valence-corrected chi connectivity index (χ3v) is 6.22. The van der Waals surface area contributed by atoms with Crippen LogP contribution in [0.1, 0.15) is 24.5 Å². The highest BCUT2D eigenvalue weighted by atomic mass is 16.6. The van der Waals surface area contributed by atoms with Gasteiger partial charge in [0.25, 0.3) is 0 Å². The summed E-state index contributed by atoms with van der Waals surface area (Å²) in [7, 11) is 3.05. The van der Waals surface area contributed by atoms with Crippen LogP contribution in [0.25, 0.3) is 0 Å². The van der Waals surface area contributed by atoms with E-state index in [-0.39, 0.29) is 30.1 Å². The fourth-order valence-electron chi connectivity index (χ4n) is 4.93. The summed E-state index contributed by atoms with van der Waals surface area (Å²) < 4.78 is 11.3. The van der Waals surface area contributed by atoms with Crippen molar-refractivity contribution in [1.82, 2.24) is 4.90 Å². The van der Waals surface area contributed by atoms with Gasteiger partial charge in [-0.05, 0) is 30.5 Å². The van der Waals surface area contributed by atoms with Gasteiger partial charge < -0.3 is 19.7 Å². The number of phenols is 1. The van der Waals surface area contributed by atoms with E-state index in [1.54, 1.807) is 31.4 Å². The number of imide groups is 1. The molecule has 1 aliphatic carbocycles. The minimum absolute atomic E-state index is 0.151. The second kappa shape index (κ2) is 6.04. The van der Waals surface area contributed by atoms with E-state index in [1.165, 1.54) is 11.9 Å². The predicted octanol–water partition coefficient (Wildman–Crippen LogP) is 1.06. The minimum Gasteiger partial charge on any atom is -0.508 e. The van der Waals surface area contributed by atoms with E-state index >= 15 is 0 Å². The Labute approximate surface area is 151 Å². The Morgan fingerprint density at radius 2 is 1.92 bits per heavy atom. The maximum absolute atomic E-state index is 12.7. The first kappa shape index (κ1) is 17.5. The van der Waals surface area contributed by atoms with Crippen LogP contribution in [0.15, 0.2) is 24.3 Å². The van der Waals surface area contributed by atoms with Crippen molar-refractivity contribution in [1.29, 1.82) is 0 Å². The fraction of sp³-hybridized carbons (Fsp3) is 0.579. The molecule has 2 N–H and O–H groups in total. The Morgan fingerprint density at radius 3 is 2.58 bits per heavy atom. The number of aliphatic hydroxyl groups is 1. The molecule has 26 heavy (non-hydrogen) atoms. The lowest BCUT2D eigenvalue weighted by Crippen LogP contribution is -2.54. The van der Waals surface area contributed by atoms with Gasteiger partial charge in [0.1, 0.15) is 5.75 Å². The molecule has 1 aromatic carbocycles. The third-order valence-electron chi connectivity index (χ3n) is 6.22. The summed E-state index contributed by atoms with van der Waals surface area (Å²) in [6, 6.07) is 6.63. The number of hydrogen-bond donors (Lipinski definition) is 2. The highest BCUT2D eigenvalue weighted by molar-refractivity contribution is 6.05. The number of nitrogens with zero attached hydrogens (tertiary/aromatic N) is 1. The standard InChI is InChI=1S/C19H23NO6/c1-20-17(22)13-7-11(9-25-2)19(24)14(16(13)18(20)23)8-15(26-19)10-3-5-12(21)6-4-10/h3-6,11,13-16,21,24H,7-9H2,1-2H3/t11-,13+,14+,15+,16+,19-/m1/s1. The number of ether oxygens (including phenoxy) is 2. The molecule has 3 aliphatic rings. The predicted molar refractivity (Wildman–Crippen MR) is 89.7 cm³/mol. The molecule has 0 radical (unpaired) electrons. The van der Waals surface area contributed by atoms with Crippen LogP contribution in [0.3, 0.4) is 0 Å². The fourth-order valence-corrected chi connectivity index (χ4v) is 4.93. The molecule has 2 aliphatic heterocycles. The molecular formula is C19H23NO6. The van der Waals surface area contributed by atoms with Gasteiger partial charge in [-0.1, -0.05) is 12.1 Å². The first-order valence-electron chi connectivity index (χ1n) is 8.86. The first-order valence-corrected chi connectivity index (χ1v) is 8.86. The van der Waals surface area contributed by atoms with Crippen molar-refractivity contribution < 1.29 is 29.3 Å². The highest BCUT2D eigenvalue weighted by Gasteiger charge is 2.66. The van der Waals surface area contributed by atoms with Gasteiger partial charge in [0.05, 0.1) is 24.5 Å². The second-order valence-corrected chi connectivity index (χ2v) is 7.55. The molecule has 1 aromatic rings. The summed E-state index contributed by atoms with van der Waals surface area (Å²) in [4.78, 5) is 26.3. The zero-order valence-corrected chi connectivity index (χ0v) is 14.8. The van der Waals surface area contributed by atoms with Crippen molar-refractivity contribution in [2.75, 3.05) is 20.8 Å². The van der Waals surface area contributed by atoms with Gasteiger partial charge in [-0.2, -0.15) is 0 Å². The van der Waals surface area contributed by atoms with Crippen LogP contribution in [-0.2, 0) is 19.1 Å². The lowest BCUT2D eigenvalue weighted by Gasteiger charge is -2.44. The van der Waals surface area contributed by atoms with Gasteiger partial charge in [-0.25, -0.2) is 0 Å². The molecule has 2 heterocycles. The summed E-state index contributed by atoms with van der Waals surface area (Å²) in [6.07, 6.45) is 0.399. The summed E-state index contributed by atoms with van der Waals surface area (Å²) in [5.74, 6) is -3.64. The molecule has 7 nitrogen and oxygen atoms in total. The summed E-state index contributed by atoms with van der Waals surface area (Å²) in [6.45, 7) is 0.254. The minimum atomic E-state index is -1.51. The smallest absolute Gasteiger partial charge is 0.233 e. The highest BCUT2D eigenvalue weighted by Crippen LogP contribution is 2.58. The van der Waals surface area contributed by atoms with Gasteiger partial charge in [0, 0.05) is 26.0 Å². The maximum atomic E-state index is 12.7. The molecule has 2 saturated heterocycles. The zero-order valence-electron chi connectivity index (χ0n) is 14.8. The molecule has 0 spiro atoms. The van der Waals surface area contributed by atoms with Crippen LogP contribution >= 0.6 is 0 Å². The number of fused-ring (bicyclic) bond motifs is 3. The number of likely N-dealkylation sites (tertiary alicyclic amines) is 1. The van der Waals surface area contributed by atoms with Crippen molar-refractivity contribution in [2.45, 2.75) is 24.7 Å². The molecule has 0 unspecified atom stereocenters. The lowest BCUT2D eigenvalue weighted by molar-refractivity contribution is -0.275. The van der Waals surface area contributed by atoms with E-state index in [0.29, 0.717) is 12.8 Å². The third kappa shape index (κ3) is 2.38. The van der Waals surface area contributed by atoms with Crippen LogP contribution < -0.4 is 0 Å². The number of carbonyl (C=O) groups excluding carboxylic acids is 2. The van der Waals surface area contributed by atoms with Crippen molar-refractivity contribution in [3.05, 3.63) is 29.8 Å². The SMILES string of the molecule is COC[C@H]1C[C@@H]2C(=O)N(C)C(=O)[C@@H]2[C@@H]2C[C@@H](c3ccc(O)cc3)O[C@]12O. The molecule has 0 aromatic heterocycles. The summed E-state index contributed by atoms with van der Waals surface area (Å²) >= 11 is 0. The monoisotopic (exact) mass is 361 g/mol. The van der Waals surface area contributed by atoms with E-state index in [2.05, 4.69) is 0 Å². The summed E-state index contributed by atoms with van der Waals surface area (Å²) in [5, 5.41) is 20.9. The Hall–Kier alpha value is -1.96. The van der Waals surface area contributed by atoms with Gasteiger partial charge >= 0.3 is 0 Å². The van der Waals surface area contributed by atoms with Crippen molar-refractivity contribution in [3.63, 3.8) is 0 Å². The van der Waals surface area contributed by atoms with Crippen LogP contribution in [0.4, 0.5) is 0 Å². The van der Waals surface area contributed by atoms with E-state index in [0.717, 1.165) is 5.56 Å². The lowest BCUT2D eigenvalue weighted by atomic mass is 9.64. The molecule has 0 bridgehead atoms. The zero-order chi connectivity index (χ0) is 18.6. The van der Waals surface area contributed by atoms with Crippen LogP contribution in [0.5, 0.6) is 5.75 Å². The first-order chi connectivity index (χ1) is 12.4. The topological polar surface area (TPSA) is 96.3 Å². The molecule has 6 atom stereocenters. The number of hydrogen-bond acceptors (Lipinski definition) is 6. The van der Waals surface area contributed by atoms with Crippen molar-refractivity contribution >= 4 is 11.8 Å². The quantitative estimate of drug-likeness (QED) is 0.782. The van der Waals surface area contributed by atoms with Gasteiger partial charge in [-0.15, -0.1) is 0 Å². The van der Waals surface area contributed by atoms with Gasteiger partial charge in [0.15, 0.2) is 5.79 Å². The molecule has 2 amide bonds. The average Bonchev–Trinajstić information content (AvgIpc) is 3.07. The van der Waals surface area contributed by atoms with E-state index < -0.39 is 29.6 Å². The van der Waals surface area contributed by atoms with E-state index in [1.807, 2.05) is 0 Å². The van der Waals surface area contributed by atoms with Crippen LogP contribution in [0.2, 0.25) is 0 Å². The van der Waals surface area contributed by atoms with Gasteiger partial charge in [-0.3, -0.25) is 14.5 Å². The van der Waals surface area contributed by atoms with E-state index in [9.17, 15) is 19.8 Å². The Morgan fingerprint density at radius 1 is 1.23 bits per heavy atom. The van der Waals surface area contributed by atoms with Crippen LogP contribution in [0, 0.1) is 23.7 Å². The van der Waals surface area contributed by atoms with Gasteiger partial charge in [0.2, 0.25) is 11.8 Å². The molecule has 4 rings (SSSR count). The maximum Gasteiger partial charge on any atom is 0.233 e. The number of methoxy groups -OCH3 is 1. The van der Waals surface area contributed by atoms with E-state index in [4.69, 9.17) is 9.47 Å². The van der Waals surface area contributed by atoms with Crippen LogP contribution in [-0.4, -0.2) is 53.5 Å². The Balaban J connectivity index is 1.71. The number of amides is 2. The van der Waals surface area contributed by atoms with Crippen molar-refractivity contribution in [2.24, 2.45) is 23.7 Å².